The topological polar surface area (TPSA) is 90.0 Å². The van der Waals surface area contributed by atoms with Gasteiger partial charge < -0.3 is 9.47 Å². The second kappa shape index (κ2) is 8.09. The Morgan fingerprint density at radius 1 is 1.22 bits per heavy atom. The summed E-state index contributed by atoms with van der Waals surface area (Å²) in [5, 5.41) is 6.76. The molecule has 0 aliphatic carbocycles. The van der Waals surface area contributed by atoms with E-state index in [1.165, 1.54) is 12.3 Å². The molecule has 0 radical (unpaired) electrons. The maximum atomic E-state index is 11.8. The van der Waals surface area contributed by atoms with E-state index in [1.54, 1.807) is 12.4 Å². The van der Waals surface area contributed by atoms with Crippen LogP contribution in [0.2, 0.25) is 0 Å². The molecule has 27 heavy (non-hydrogen) atoms. The first-order valence-electron chi connectivity index (χ1n) is 8.93. The lowest BCUT2D eigenvalue weighted by Gasteiger charge is -2.10. The van der Waals surface area contributed by atoms with Crippen LogP contribution in [-0.4, -0.2) is 40.0 Å². The molecule has 0 amide bonds. The Morgan fingerprint density at radius 2 is 2.11 bits per heavy atom. The number of ether oxygens (including phenoxy) is 2. The number of hydrogen-bond acceptors (Lipinski definition) is 6. The fourth-order valence-corrected chi connectivity index (χ4v) is 2.99. The maximum absolute atomic E-state index is 11.8. The Morgan fingerprint density at radius 3 is 2.89 bits per heavy atom. The van der Waals surface area contributed by atoms with Gasteiger partial charge in [-0.25, -0.2) is 9.97 Å². The van der Waals surface area contributed by atoms with E-state index >= 15 is 0 Å². The minimum atomic E-state index is -0.0791. The van der Waals surface area contributed by atoms with E-state index in [9.17, 15) is 4.79 Å². The molecule has 3 aromatic rings. The first kappa shape index (κ1) is 17.4. The van der Waals surface area contributed by atoms with Gasteiger partial charge in [0.2, 0.25) is 5.43 Å². The van der Waals surface area contributed by atoms with Crippen molar-refractivity contribution in [2.75, 3.05) is 19.8 Å². The monoisotopic (exact) mass is 364 g/mol. The molecule has 1 aliphatic heterocycles. The van der Waals surface area contributed by atoms with Crippen LogP contribution >= 0.6 is 0 Å². The van der Waals surface area contributed by atoms with Gasteiger partial charge in [-0.15, -0.1) is 0 Å². The fourth-order valence-electron chi connectivity index (χ4n) is 2.99. The number of nitrogens with zero attached hydrogens (tertiary/aromatic N) is 3. The normalized spacial score (nSPS) is 16.4. The summed E-state index contributed by atoms with van der Waals surface area (Å²) in [5.41, 5.74) is 2.26. The van der Waals surface area contributed by atoms with E-state index in [1.807, 2.05) is 24.3 Å². The SMILES string of the molecule is O=c1cc[nH]nc1Cc1cccc(-c2ncc(OCC3CCOC3)cn2)c1. The van der Waals surface area contributed by atoms with Gasteiger partial charge in [-0.05, 0) is 18.1 Å². The number of benzene rings is 1. The molecule has 1 aliphatic rings. The highest BCUT2D eigenvalue weighted by Crippen LogP contribution is 2.20. The number of nitrogens with one attached hydrogen (secondary N) is 1. The second-order valence-corrected chi connectivity index (χ2v) is 6.55. The van der Waals surface area contributed by atoms with E-state index in [4.69, 9.17) is 9.47 Å². The molecular formula is C20H20N4O3. The highest BCUT2D eigenvalue weighted by atomic mass is 16.5. The first-order valence-corrected chi connectivity index (χ1v) is 8.93. The van der Waals surface area contributed by atoms with Crippen LogP contribution in [0.15, 0.2) is 53.7 Å². The number of aromatic amines is 1. The molecule has 7 nitrogen and oxygen atoms in total. The zero-order valence-electron chi connectivity index (χ0n) is 14.8. The summed E-state index contributed by atoms with van der Waals surface area (Å²) >= 11 is 0. The van der Waals surface area contributed by atoms with Crippen LogP contribution in [0.25, 0.3) is 11.4 Å². The van der Waals surface area contributed by atoms with E-state index in [0.717, 1.165) is 30.8 Å². The lowest BCUT2D eigenvalue weighted by atomic mass is 10.1. The van der Waals surface area contributed by atoms with E-state index < -0.39 is 0 Å². The molecule has 7 heteroatoms. The predicted molar refractivity (Wildman–Crippen MR) is 99.6 cm³/mol. The maximum Gasteiger partial charge on any atom is 0.203 e. The van der Waals surface area contributed by atoms with Crippen molar-refractivity contribution in [3.8, 4) is 17.1 Å². The largest absolute Gasteiger partial charge is 0.490 e. The summed E-state index contributed by atoms with van der Waals surface area (Å²) in [6.45, 7) is 2.19. The Balaban J connectivity index is 1.45. The molecule has 0 bridgehead atoms. The Kier molecular flexibility index (Phi) is 5.20. The van der Waals surface area contributed by atoms with Gasteiger partial charge in [-0.2, -0.15) is 5.10 Å². The molecule has 4 rings (SSSR count). The third-order valence-corrected chi connectivity index (χ3v) is 4.49. The summed E-state index contributed by atoms with van der Waals surface area (Å²) in [6.07, 6.45) is 6.39. The second-order valence-electron chi connectivity index (χ2n) is 6.55. The first-order chi connectivity index (χ1) is 13.3. The molecule has 0 spiro atoms. The van der Waals surface area contributed by atoms with Gasteiger partial charge in [0.05, 0.1) is 25.6 Å². The zero-order chi connectivity index (χ0) is 18.5. The van der Waals surface area contributed by atoms with Gasteiger partial charge in [-0.3, -0.25) is 9.89 Å². The van der Waals surface area contributed by atoms with Crippen molar-refractivity contribution in [1.82, 2.24) is 20.2 Å². The van der Waals surface area contributed by atoms with Crippen molar-refractivity contribution in [1.29, 1.82) is 0 Å². The Hall–Kier alpha value is -3.06. The summed E-state index contributed by atoms with van der Waals surface area (Å²) in [7, 11) is 0. The van der Waals surface area contributed by atoms with Crippen molar-refractivity contribution in [2.24, 2.45) is 5.92 Å². The third kappa shape index (κ3) is 4.38. The number of hydrogen-bond donors (Lipinski definition) is 1. The molecule has 1 N–H and O–H groups in total. The Bertz CT molecular complexity index is 950. The van der Waals surface area contributed by atoms with Gasteiger partial charge in [0.15, 0.2) is 11.6 Å². The zero-order valence-corrected chi connectivity index (χ0v) is 14.8. The number of H-pyrrole nitrogens is 1. The Labute approximate surface area is 156 Å². The minimum Gasteiger partial charge on any atom is -0.490 e. The van der Waals surface area contributed by atoms with Crippen LogP contribution in [-0.2, 0) is 11.2 Å². The molecule has 1 fully saturated rings. The van der Waals surface area contributed by atoms with E-state index in [2.05, 4.69) is 20.2 Å². The molecule has 1 atom stereocenters. The molecular weight excluding hydrogens is 344 g/mol. The fraction of sp³-hybridized carbons (Fsp3) is 0.300. The summed E-state index contributed by atoms with van der Waals surface area (Å²) < 4.78 is 11.1. The summed E-state index contributed by atoms with van der Waals surface area (Å²) in [5.74, 6) is 1.71. The van der Waals surface area contributed by atoms with Gasteiger partial charge >= 0.3 is 0 Å². The van der Waals surface area contributed by atoms with Gasteiger partial charge in [0.1, 0.15) is 5.69 Å². The molecule has 2 aromatic heterocycles. The van der Waals surface area contributed by atoms with E-state index in [-0.39, 0.29) is 5.43 Å². The average molecular weight is 364 g/mol. The highest BCUT2D eigenvalue weighted by Gasteiger charge is 2.16. The van der Waals surface area contributed by atoms with Crippen molar-refractivity contribution < 1.29 is 9.47 Å². The van der Waals surface area contributed by atoms with Crippen LogP contribution in [0, 0.1) is 5.92 Å². The van der Waals surface area contributed by atoms with E-state index in [0.29, 0.717) is 36.2 Å². The number of rotatable bonds is 6. The van der Waals surface area contributed by atoms with Gasteiger partial charge in [-0.1, -0.05) is 18.2 Å². The average Bonchev–Trinajstić information content (AvgIpc) is 3.23. The van der Waals surface area contributed by atoms with Crippen LogP contribution in [0.5, 0.6) is 5.75 Å². The van der Waals surface area contributed by atoms with Gasteiger partial charge in [0.25, 0.3) is 0 Å². The van der Waals surface area contributed by atoms with Crippen molar-refractivity contribution in [2.45, 2.75) is 12.8 Å². The van der Waals surface area contributed by atoms with Crippen LogP contribution < -0.4 is 10.2 Å². The standard InChI is InChI=1S/C20H20N4O3/c25-19-4-6-23-24-18(19)9-14-2-1-3-16(8-14)20-21-10-17(11-22-20)27-13-15-5-7-26-12-15/h1-4,6,8,10-11,15H,5,7,9,12-13H2,(H,23,25). The molecule has 1 aromatic carbocycles. The van der Waals surface area contributed by atoms with Crippen molar-refractivity contribution in [3.05, 3.63) is 70.4 Å². The van der Waals surface area contributed by atoms with Gasteiger partial charge in [0, 0.05) is 36.8 Å². The highest BCUT2D eigenvalue weighted by molar-refractivity contribution is 5.56. The van der Waals surface area contributed by atoms with Crippen LogP contribution in [0.3, 0.4) is 0 Å². The summed E-state index contributed by atoms with van der Waals surface area (Å²) in [4.78, 5) is 20.7. The smallest absolute Gasteiger partial charge is 0.203 e. The number of aromatic nitrogens is 4. The van der Waals surface area contributed by atoms with Crippen LogP contribution in [0.1, 0.15) is 17.7 Å². The quantitative estimate of drug-likeness (QED) is 0.721. The molecule has 1 unspecified atom stereocenters. The summed E-state index contributed by atoms with van der Waals surface area (Å²) in [6, 6.07) is 9.28. The van der Waals surface area contributed by atoms with Crippen molar-refractivity contribution >= 4 is 0 Å². The molecule has 0 saturated carbocycles. The lowest BCUT2D eigenvalue weighted by molar-refractivity contribution is 0.167. The molecule has 3 heterocycles. The van der Waals surface area contributed by atoms with Crippen molar-refractivity contribution in [3.63, 3.8) is 0 Å². The lowest BCUT2D eigenvalue weighted by Crippen LogP contribution is -2.12. The predicted octanol–water partition coefficient (Wildman–Crippen LogP) is 2.23. The minimum absolute atomic E-state index is 0.0791. The van der Waals surface area contributed by atoms with Crippen LogP contribution in [0.4, 0.5) is 0 Å². The molecule has 138 valence electrons. The third-order valence-electron chi connectivity index (χ3n) is 4.49. The molecule has 1 saturated heterocycles.